The molecular weight excluding hydrogens is 182 g/mol. The normalized spacial score (nSPS) is 11.1. The van der Waals surface area contributed by atoms with Gasteiger partial charge in [-0.15, -0.1) is 0 Å². The molecule has 0 saturated heterocycles. The van der Waals surface area contributed by atoms with Crippen LogP contribution in [0.1, 0.15) is 31.1 Å². The number of hydrogen-bond acceptors (Lipinski definition) is 4. The van der Waals surface area contributed by atoms with Crippen molar-refractivity contribution in [3.05, 3.63) is 30.1 Å². The Morgan fingerprint density at radius 3 is 2.64 bits per heavy atom. The van der Waals surface area contributed by atoms with E-state index in [0.29, 0.717) is 5.56 Å². The Morgan fingerprint density at radius 2 is 2.14 bits per heavy atom. The molecule has 0 aliphatic rings. The quantitative estimate of drug-likeness (QED) is 0.534. The maximum Gasteiger partial charge on any atom is 0.374 e. The minimum atomic E-state index is -0.534. The van der Waals surface area contributed by atoms with E-state index in [0.717, 1.165) is 0 Å². The molecule has 4 nitrogen and oxygen atoms in total. The van der Waals surface area contributed by atoms with Crippen molar-refractivity contribution in [3.8, 4) is 0 Å². The molecule has 0 aliphatic heterocycles. The van der Waals surface area contributed by atoms with Gasteiger partial charge in [-0.2, -0.15) is 4.89 Å². The molecule has 0 fully saturated rings. The molecule has 14 heavy (non-hydrogen) atoms. The summed E-state index contributed by atoms with van der Waals surface area (Å²) in [6, 6.07) is 3.27. The smallest absolute Gasteiger partial charge is 0.292 e. The minimum absolute atomic E-state index is 0.372. The van der Waals surface area contributed by atoms with Crippen molar-refractivity contribution in [1.82, 2.24) is 4.98 Å². The molecule has 1 rings (SSSR count). The summed E-state index contributed by atoms with van der Waals surface area (Å²) < 4.78 is 0. The van der Waals surface area contributed by atoms with E-state index in [2.05, 4.69) is 9.87 Å². The van der Waals surface area contributed by atoms with E-state index in [-0.39, 0.29) is 0 Å². The first-order valence-corrected chi connectivity index (χ1v) is 4.29. The molecule has 0 aliphatic carbocycles. The standard InChI is InChI=1S/C10H13NO3/c1-10(2,3)14-13-9(12)8-5-4-6-11-7-8/h4-7H,1-3H3. The lowest BCUT2D eigenvalue weighted by Gasteiger charge is -2.16. The highest BCUT2D eigenvalue weighted by Gasteiger charge is 2.16. The van der Waals surface area contributed by atoms with E-state index in [1.54, 1.807) is 39.1 Å². The van der Waals surface area contributed by atoms with Crippen molar-refractivity contribution >= 4 is 5.97 Å². The van der Waals surface area contributed by atoms with Gasteiger partial charge in [-0.3, -0.25) is 9.87 Å². The van der Waals surface area contributed by atoms with E-state index in [9.17, 15) is 4.79 Å². The Hall–Kier alpha value is -1.42. The maximum absolute atomic E-state index is 11.3. The summed E-state index contributed by atoms with van der Waals surface area (Å²) in [6.45, 7) is 5.39. The zero-order valence-electron chi connectivity index (χ0n) is 8.48. The molecule has 0 aromatic carbocycles. The molecular formula is C10H13NO3. The summed E-state index contributed by atoms with van der Waals surface area (Å²) in [5.41, 5.74) is -0.130. The second-order valence-electron chi connectivity index (χ2n) is 3.81. The summed E-state index contributed by atoms with van der Waals surface area (Å²) >= 11 is 0. The fourth-order valence-electron chi connectivity index (χ4n) is 0.694. The molecule has 4 heteroatoms. The Balaban J connectivity index is 2.52. The van der Waals surface area contributed by atoms with Crippen LogP contribution in [-0.2, 0) is 9.78 Å². The molecule has 76 valence electrons. The lowest BCUT2D eigenvalue weighted by molar-refractivity contribution is -0.301. The molecule has 1 aromatic heterocycles. The fourth-order valence-corrected chi connectivity index (χ4v) is 0.694. The third-order valence-electron chi connectivity index (χ3n) is 1.26. The van der Waals surface area contributed by atoms with Crippen molar-refractivity contribution in [2.75, 3.05) is 0 Å². The molecule has 0 atom stereocenters. The van der Waals surface area contributed by atoms with Gasteiger partial charge in [0, 0.05) is 12.4 Å². The number of hydrogen-bond donors (Lipinski definition) is 0. The highest BCUT2D eigenvalue weighted by molar-refractivity contribution is 5.88. The number of carbonyl (C=O) groups excluding carboxylic acids is 1. The first-order chi connectivity index (χ1) is 6.49. The van der Waals surface area contributed by atoms with Crippen LogP contribution in [0, 0.1) is 0 Å². The SMILES string of the molecule is CC(C)(C)OOC(=O)c1cccnc1. The second-order valence-corrected chi connectivity index (χ2v) is 3.81. The Kier molecular flexibility index (Phi) is 3.19. The topological polar surface area (TPSA) is 48.4 Å². The average molecular weight is 195 g/mol. The summed E-state index contributed by atoms with van der Waals surface area (Å²) in [7, 11) is 0. The molecule has 0 amide bonds. The molecule has 0 unspecified atom stereocenters. The summed E-state index contributed by atoms with van der Waals surface area (Å²) in [5.74, 6) is -0.534. The van der Waals surface area contributed by atoms with Crippen LogP contribution < -0.4 is 0 Å². The van der Waals surface area contributed by atoms with Crippen molar-refractivity contribution < 1.29 is 14.6 Å². The number of carbonyl (C=O) groups is 1. The van der Waals surface area contributed by atoms with Gasteiger partial charge in [0.15, 0.2) is 0 Å². The van der Waals surface area contributed by atoms with Gasteiger partial charge in [0.2, 0.25) is 0 Å². The number of pyridine rings is 1. The molecule has 0 spiro atoms. The monoisotopic (exact) mass is 195 g/mol. The highest BCUT2D eigenvalue weighted by atomic mass is 17.2. The summed E-state index contributed by atoms with van der Waals surface area (Å²) in [5, 5.41) is 0. The van der Waals surface area contributed by atoms with Gasteiger partial charge in [-0.05, 0) is 32.9 Å². The van der Waals surface area contributed by atoms with Crippen LogP contribution in [0.5, 0.6) is 0 Å². The second kappa shape index (κ2) is 4.19. The predicted octanol–water partition coefficient (Wildman–Crippen LogP) is 1.97. The van der Waals surface area contributed by atoms with Gasteiger partial charge < -0.3 is 0 Å². The molecule has 0 radical (unpaired) electrons. The van der Waals surface area contributed by atoms with Gasteiger partial charge in [0.25, 0.3) is 0 Å². The van der Waals surface area contributed by atoms with E-state index in [1.165, 1.54) is 6.20 Å². The lowest BCUT2D eigenvalue weighted by Crippen LogP contribution is -2.21. The molecule has 0 saturated carbocycles. The third-order valence-corrected chi connectivity index (χ3v) is 1.26. The van der Waals surface area contributed by atoms with Crippen molar-refractivity contribution in [2.24, 2.45) is 0 Å². The maximum atomic E-state index is 11.3. The minimum Gasteiger partial charge on any atom is -0.292 e. The van der Waals surface area contributed by atoms with Crippen molar-refractivity contribution in [1.29, 1.82) is 0 Å². The zero-order chi connectivity index (χ0) is 10.6. The first-order valence-electron chi connectivity index (χ1n) is 4.29. The van der Waals surface area contributed by atoms with Gasteiger partial charge in [0.1, 0.15) is 5.60 Å². The molecule has 0 bridgehead atoms. The van der Waals surface area contributed by atoms with E-state index in [1.807, 2.05) is 0 Å². The van der Waals surface area contributed by atoms with Gasteiger partial charge >= 0.3 is 5.97 Å². The van der Waals surface area contributed by atoms with Crippen LogP contribution in [0.4, 0.5) is 0 Å². The van der Waals surface area contributed by atoms with Crippen molar-refractivity contribution in [2.45, 2.75) is 26.4 Å². The predicted molar refractivity (Wildman–Crippen MR) is 50.5 cm³/mol. The van der Waals surface area contributed by atoms with Gasteiger partial charge in [-0.25, -0.2) is 4.79 Å². The third kappa shape index (κ3) is 3.53. The Labute approximate surface area is 82.8 Å². The van der Waals surface area contributed by atoms with Crippen LogP contribution in [0.2, 0.25) is 0 Å². The van der Waals surface area contributed by atoms with E-state index < -0.39 is 11.6 Å². The summed E-state index contributed by atoms with van der Waals surface area (Å²) in [6.07, 6.45) is 3.01. The first kappa shape index (κ1) is 10.7. The van der Waals surface area contributed by atoms with Crippen LogP contribution >= 0.6 is 0 Å². The van der Waals surface area contributed by atoms with Gasteiger partial charge in [0.05, 0.1) is 5.56 Å². The van der Waals surface area contributed by atoms with E-state index in [4.69, 9.17) is 4.89 Å². The Bertz CT molecular complexity index is 303. The lowest BCUT2D eigenvalue weighted by atomic mass is 10.2. The van der Waals surface area contributed by atoms with Crippen LogP contribution in [-0.4, -0.2) is 16.6 Å². The number of nitrogens with zero attached hydrogens (tertiary/aromatic N) is 1. The van der Waals surface area contributed by atoms with Crippen LogP contribution in [0.25, 0.3) is 0 Å². The summed E-state index contributed by atoms with van der Waals surface area (Å²) in [4.78, 5) is 24.6. The van der Waals surface area contributed by atoms with Crippen LogP contribution in [0.15, 0.2) is 24.5 Å². The fraction of sp³-hybridized carbons (Fsp3) is 0.400. The molecule has 1 heterocycles. The van der Waals surface area contributed by atoms with Crippen LogP contribution in [0.3, 0.4) is 0 Å². The number of aromatic nitrogens is 1. The van der Waals surface area contributed by atoms with Gasteiger partial charge in [-0.1, -0.05) is 0 Å². The number of rotatable bonds is 2. The average Bonchev–Trinajstić information content (AvgIpc) is 2.14. The van der Waals surface area contributed by atoms with E-state index >= 15 is 0 Å². The Morgan fingerprint density at radius 1 is 1.43 bits per heavy atom. The largest absolute Gasteiger partial charge is 0.374 e. The highest BCUT2D eigenvalue weighted by Crippen LogP contribution is 2.09. The molecule has 1 aromatic rings. The molecule has 0 N–H and O–H groups in total. The van der Waals surface area contributed by atoms with Crippen molar-refractivity contribution in [3.63, 3.8) is 0 Å². The zero-order valence-corrected chi connectivity index (χ0v) is 8.48.